The lowest BCUT2D eigenvalue weighted by molar-refractivity contribution is 0.443. The van der Waals surface area contributed by atoms with E-state index in [-0.39, 0.29) is 12.1 Å². The molecule has 1 heterocycles. The first kappa shape index (κ1) is 15.1. The maximum atomic E-state index is 6.35. The van der Waals surface area contributed by atoms with Crippen molar-refractivity contribution >= 4 is 11.6 Å². The molecule has 1 aromatic carbocycles. The van der Waals surface area contributed by atoms with E-state index in [1.165, 1.54) is 11.3 Å². The van der Waals surface area contributed by atoms with Crippen molar-refractivity contribution < 1.29 is 0 Å². The van der Waals surface area contributed by atoms with Crippen molar-refractivity contribution in [1.29, 1.82) is 0 Å². The predicted octanol–water partition coefficient (Wildman–Crippen LogP) is 3.65. The molecule has 0 saturated heterocycles. The van der Waals surface area contributed by atoms with Crippen LogP contribution in [-0.4, -0.2) is 15.8 Å². The topological polar surface area (TPSA) is 43.8 Å². The molecule has 0 radical (unpaired) electrons. The van der Waals surface area contributed by atoms with Gasteiger partial charge >= 0.3 is 0 Å². The van der Waals surface area contributed by atoms with Gasteiger partial charge < -0.3 is 5.73 Å². The molecule has 0 saturated carbocycles. The van der Waals surface area contributed by atoms with Crippen LogP contribution in [0, 0.1) is 13.8 Å². The molecule has 0 spiro atoms. The average Bonchev–Trinajstić information content (AvgIpc) is 2.67. The third kappa shape index (κ3) is 2.60. The summed E-state index contributed by atoms with van der Waals surface area (Å²) in [6.07, 6.45) is 0.978. The highest BCUT2D eigenvalue weighted by Gasteiger charge is 2.24. The van der Waals surface area contributed by atoms with Gasteiger partial charge in [0.05, 0.1) is 11.7 Å². The fraction of sp³-hybridized carbons (Fsp3) is 0.438. The molecule has 0 amide bonds. The number of hydrogen-bond acceptors (Lipinski definition) is 2. The van der Waals surface area contributed by atoms with E-state index in [0.29, 0.717) is 0 Å². The summed E-state index contributed by atoms with van der Waals surface area (Å²) in [6.45, 7) is 8.30. The second kappa shape index (κ2) is 5.98. The summed E-state index contributed by atoms with van der Waals surface area (Å²) in [5, 5.41) is 5.43. The molecule has 3 nitrogen and oxygen atoms in total. The van der Waals surface area contributed by atoms with Crippen molar-refractivity contribution in [3.63, 3.8) is 0 Å². The van der Waals surface area contributed by atoms with Crippen LogP contribution < -0.4 is 5.73 Å². The summed E-state index contributed by atoms with van der Waals surface area (Å²) >= 11 is 6.35. The first-order valence-electron chi connectivity index (χ1n) is 7.02. The fourth-order valence-electron chi connectivity index (χ4n) is 2.83. The molecule has 0 aliphatic rings. The van der Waals surface area contributed by atoms with Crippen LogP contribution in [0.3, 0.4) is 0 Å². The van der Waals surface area contributed by atoms with Crippen LogP contribution in [-0.2, 0) is 6.42 Å². The van der Waals surface area contributed by atoms with Crippen LogP contribution in [0.1, 0.15) is 42.4 Å². The van der Waals surface area contributed by atoms with Crippen molar-refractivity contribution in [2.24, 2.45) is 5.73 Å². The Morgan fingerprint density at radius 1 is 1.30 bits per heavy atom. The van der Waals surface area contributed by atoms with Gasteiger partial charge in [0.25, 0.3) is 0 Å². The summed E-state index contributed by atoms with van der Waals surface area (Å²) in [5.74, 6) is 0. The Balaban J connectivity index is 2.58. The number of hydrogen-bond donors (Lipinski definition) is 1. The van der Waals surface area contributed by atoms with Gasteiger partial charge in [0.15, 0.2) is 0 Å². The van der Waals surface area contributed by atoms with Gasteiger partial charge in [-0.2, -0.15) is 5.10 Å². The molecule has 4 heteroatoms. The molecule has 2 unspecified atom stereocenters. The standard InChI is InChI=1S/C16H22ClN3/c1-5-13-11(3)19-20(12(13)4)16(10(2)18)14-8-6-7-9-15(14)17/h6-10,16H,5,18H2,1-4H3. The van der Waals surface area contributed by atoms with Crippen LogP contribution in [0.25, 0.3) is 0 Å². The third-order valence-electron chi connectivity index (χ3n) is 3.81. The summed E-state index contributed by atoms with van der Waals surface area (Å²) in [5.41, 5.74) is 10.8. The molecule has 2 atom stereocenters. The van der Waals surface area contributed by atoms with E-state index in [1.807, 2.05) is 42.8 Å². The Labute approximate surface area is 125 Å². The van der Waals surface area contributed by atoms with Crippen molar-refractivity contribution in [2.45, 2.75) is 46.2 Å². The Bertz CT molecular complexity index is 602. The van der Waals surface area contributed by atoms with Gasteiger partial charge in [-0.3, -0.25) is 4.68 Å². The van der Waals surface area contributed by atoms with Crippen LogP contribution in [0.2, 0.25) is 5.02 Å². The summed E-state index contributed by atoms with van der Waals surface area (Å²) in [4.78, 5) is 0. The maximum Gasteiger partial charge on any atom is 0.0934 e. The molecular formula is C16H22ClN3. The molecule has 0 fully saturated rings. The normalized spacial score (nSPS) is 14.3. The SMILES string of the molecule is CCc1c(C)nn(C(c2ccccc2Cl)C(C)N)c1C. The zero-order valence-electron chi connectivity index (χ0n) is 12.5. The first-order valence-corrected chi connectivity index (χ1v) is 7.39. The van der Waals surface area contributed by atoms with Gasteiger partial charge in [0.1, 0.15) is 0 Å². The number of nitrogens with two attached hydrogens (primary N) is 1. The van der Waals surface area contributed by atoms with E-state index < -0.39 is 0 Å². The van der Waals surface area contributed by atoms with Crippen molar-refractivity contribution in [1.82, 2.24) is 9.78 Å². The molecule has 2 aromatic rings. The van der Waals surface area contributed by atoms with Gasteiger partial charge in [0, 0.05) is 16.8 Å². The van der Waals surface area contributed by atoms with Crippen molar-refractivity contribution in [3.8, 4) is 0 Å². The Hall–Kier alpha value is -1.32. The number of aromatic nitrogens is 2. The van der Waals surface area contributed by atoms with Crippen molar-refractivity contribution in [3.05, 3.63) is 51.8 Å². The number of halogens is 1. The van der Waals surface area contributed by atoms with Gasteiger partial charge in [-0.05, 0) is 44.4 Å². The second-order valence-electron chi connectivity index (χ2n) is 5.27. The molecule has 1 aromatic heterocycles. The molecule has 0 aliphatic carbocycles. The van der Waals surface area contributed by atoms with E-state index in [0.717, 1.165) is 22.7 Å². The largest absolute Gasteiger partial charge is 0.326 e. The van der Waals surface area contributed by atoms with Crippen LogP contribution in [0.5, 0.6) is 0 Å². The van der Waals surface area contributed by atoms with Gasteiger partial charge in [-0.15, -0.1) is 0 Å². The lowest BCUT2D eigenvalue weighted by Crippen LogP contribution is -2.32. The molecule has 2 N–H and O–H groups in total. The van der Waals surface area contributed by atoms with Crippen molar-refractivity contribution in [2.75, 3.05) is 0 Å². The highest BCUT2D eigenvalue weighted by atomic mass is 35.5. The summed E-state index contributed by atoms with van der Waals surface area (Å²) in [7, 11) is 0. The lowest BCUT2D eigenvalue weighted by Gasteiger charge is -2.24. The minimum absolute atomic E-state index is 0.0392. The predicted molar refractivity (Wildman–Crippen MR) is 84.3 cm³/mol. The summed E-state index contributed by atoms with van der Waals surface area (Å²) in [6, 6.07) is 7.74. The van der Waals surface area contributed by atoms with E-state index in [9.17, 15) is 0 Å². The highest BCUT2D eigenvalue weighted by Crippen LogP contribution is 2.30. The van der Waals surface area contributed by atoms with E-state index in [1.54, 1.807) is 0 Å². The van der Waals surface area contributed by atoms with Crippen LogP contribution >= 0.6 is 11.6 Å². The quantitative estimate of drug-likeness (QED) is 0.934. The van der Waals surface area contributed by atoms with Gasteiger partial charge in [-0.25, -0.2) is 0 Å². The molecule has 20 heavy (non-hydrogen) atoms. The highest BCUT2D eigenvalue weighted by molar-refractivity contribution is 6.31. The Morgan fingerprint density at radius 2 is 1.95 bits per heavy atom. The fourth-order valence-corrected chi connectivity index (χ4v) is 3.08. The van der Waals surface area contributed by atoms with Crippen LogP contribution in [0.15, 0.2) is 24.3 Å². The molecule has 0 bridgehead atoms. The zero-order valence-corrected chi connectivity index (χ0v) is 13.3. The maximum absolute atomic E-state index is 6.35. The second-order valence-corrected chi connectivity index (χ2v) is 5.68. The minimum Gasteiger partial charge on any atom is -0.326 e. The Morgan fingerprint density at radius 3 is 2.45 bits per heavy atom. The monoisotopic (exact) mass is 291 g/mol. The third-order valence-corrected chi connectivity index (χ3v) is 4.16. The lowest BCUT2D eigenvalue weighted by atomic mass is 10.0. The van der Waals surface area contributed by atoms with Gasteiger partial charge in [-0.1, -0.05) is 36.7 Å². The number of aryl methyl sites for hydroxylation is 1. The van der Waals surface area contributed by atoms with Crippen LogP contribution in [0.4, 0.5) is 0 Å². The Kier molecular flexibility index (Phi) is 4.51. The molecule has 2 rings (SSSR count). The van der Waals surface area contributed by atoms with E-state index in [2.05, 4.69) is 13.8 Å². The minimum atomic E-state index is -0.0717. The average molecular weight is 292 g/mol. The molecule has 0 aliphatic heterocycles. The number of rotatable bonds is 4. The van der Waals surface area contributed by atoms with Gasteiger partial charge in [0.2, 0.25) is 0 Å². The molecule has 108 valence electrons. The smallest absolute Gasteiger partial charge is 0.0934 e. The zero-order chi connectivity index (χ0) is 14.9. The molecular weight excluding hydrogens is 270 g/mol. The summed E-state index contributed by atoms with van der Waals surface area (Å²) < 4.78 is 2.03. The number of benzene rings is 1. The van der Waals surface area contributed by atoms with E-state index >= 15 is 0 Å². The van der Waals surface area contributed by atoms with E-state index in [4.69, 9.17) is 22.4 Å². The number of nitrogens with zero attached hydrogens (tertiary/aromatic N) is 2. The first-order chi connectivity index (χ1) is 9.47.